The van der Waals surface area contributed by atoms with Gasteiger partial charge >= 0.3 is 0 Å². The largest absolute Gasteiger partial charge is 0.227 e. The molecule has 0 aromatic heterocycles. The van der Waals surface area contributed by atoms with Gasteiger partial charge in [-0.25, -0.2) is 0 Å². The Bertz CT molecular complexity index is 505. The molecule has 0 saturated carbocycles. The summed E-state index contributed by atoms with van der Waals surface area (Å²) < 4.78 is 1.17. The van der Waals surface area contributed by atoms with E-state index in [1.807, 2.05) is 0 Å². The molecule has 1 aliphatic heterocycles. The zero-order valence-electron chi connectivity index (χ0n) is 11.8. The Hall–Kier alpha value is -0.363. The second-order valence-corrected chi connectivity index (χ2v) is 16.6. The maximum absolute atomic E-state index is 6.83. The molecule has 1 aromatic rings. The zero-order valence-corrected chi connectivity index (χ0v) is 14.6. The first kappa shape index (κ1) is 14.1. The summed E-state index contributed by atoms with van der Waals surface area (Å²) in [5.41, 5.74) is 2.76. The summed E-state index contributed by atoms with van der Waals surface area (Å²) in [4.78, 5) is 0. The molecule has 3 heteroatoms. The van der Waals surface area contributed by atoms with Gasteiger partial charge in [-0.1, -0.05) is 18.2 Å². The molecular formula is C15H21ClPSi+. The van der Waals surface area contributed by atoms with Gasteiger partial charge in [-0.15, -0.1) is 0 Å². The van der Waals surface area contributed by atoms with Gasteiger partial charge in [0.15, 0.2) is 4.77 Å². The molecule has 0 nitrogen and oxygen atoms in total. The third kappa shape index (κ3) is 1.76. The summed E-state index contributed by atoms with van der Waals surface area (Å²) in [5.74, 6) is 0. The fourth-order valence-corrected chi connectivity index (χ4v) is 17.5. The Kier molecular flexibility index (Phi) is 3.87. The fourth-order valence-electron chi connectivity index (χ4n) is 2.98. The highest BCUT2D eigenvalue weighted by Crippen LogP contribution is 2.78. The highest BCUT2D eigenvalue weighted by molar-refractivity contribution is 8.15. The van der Waals surface area contributed by atoms with Crippen LogP contribution in [0.4, 0.5) is 0 Å². The molecule has 0 radical (unpaired) electrons. The Balaban J connectivity index is 2.76. The standard InChI is InChI=1S/C15H21ClPSi/c1-11-12(2)15(16)17(13(11)3,18(4)5)14-9-7-6-8-10-14/h6-10,18H,1-5H3/q+1. The topological polar surface area (TPSA) is 0 Å². The Morgan fingerprint density at radius 1 is 0.944 bits per heavy atom. The minimum absolute atomic E-state index is 0.915. The van der Waals surface area contributed by atoms with Crippen LogP contribution in [0.15, 0.2) is 51.6 Å². The average Bonchev–Trinajstić information content (AvgIpc) is 2.53. The highest BCUT2D eigenvalue weighted by Gasteiger charge is 2.54. The van der Waals surface area contributed by atoms with Crippen LogP contribution in [0, 0.1) is 0 Å². The third-order valence-electron chi connectivity index (χ3n) is 4.19. The van der Waals surface area contributed by atoms with E-state index in [1.165, 1.54) is 21.2 Å². The molecule has 1 heterocycles. The van der Waals surface area contributed by atoms with Gasteiger partial charge < -0.3 is 0 Å². The van der Waals surface area contributed by atoms with Crippen molar-refractivity contribution in [3.05, 3.63) is 51.6 Å². The van der Waals surface area contributed by atoms with Gasteiger partial charge in [0.25, 0.3) is 0 Å². The van der Waals surface area contributed by atoms with Crippen LogP contribution in [0.5, 0.6) is 0 Å². The molecule has 0 aliphatic carbocycles. The second kappa shape index (κ2) is 4.96. The maximum atomic E-state index is 6.83. The second-order valence-electron chi connectivity index (χ2n) is 5.28. The summed E-state index contributed by atoms with van der Waals surface area (Å²) in [7, 11) is -0.915. The highest BCUT2D eigenvalue weighted by atomic mass is 35.5. The SMILES string of the molecule is CC1=C(C)[P+](c2ccccc2)([SiH](C)C)C(Cl)=C1C. The molecule has 0 amide bonds. The van der Waals surface area contributed by atoms with Gasteiger partial charge in [-0.3, -0.25) is 0 Å². The molecule has 0 fully saturated rings. The van der Waals surface area contributed by atoms with Gasteiger partial charge in [-0.2, -0.15) is 0 Å². The van der Waals surface area contributed by atoms with E-state index < -0.39 is 15.3 Å². The molecule has 0 spiro atoms. The van der Waals surface area contributed by atoms with Crippen molar-refractivity contribution < 1.29 is 0 Å². The lowest BCUT2D eigenvalue weighted by Gasteiger charge is -2.28. The smallest absolute Gasteiger partial charge is 0.0620 e. The van der Waals surface area contributed by atoms with Crippen LogP contribution in [-0.4, -0.2) is 8.46 Å². The molecule has 0 N–H and O–H groups in total. The molecular weight excluding hydrogens is 275 g/mol. The van der Waals surface area contributed by atoms with E-state index in [0.29, 0.717) is 0 Å². The van der Waals surface area contributed by atoms with E-state index in [1.54, 1.807) is 5.31 Å². The number of hydrogen-bond acceptors (Lipinski definition) is 0. The van der Waals surface area contributed by atoms with Crippen LogP contribution in [0.2, 0.25) is 13.1 Å². The molecule has 2 rings (SSSR count). The molecule has 96 valence electrons. The number of allylic oxidation sites excluding steroid dienone is 3. The lowest BCUT2D eigenvalue weighted by Crippen LogP contribution is -2.22. The lowest BCUT2D eigenvalue weighted by atomic mass is 10.1. The van der Waals surface area contributed by atoms with Crippen molar-refractivity contribution in [3.63, 3.8) is 0 Å². The number of hydrogen-bond donors (Lipinski definition) is 0. The van der Waals surface area contributed by atoms with Crippen LogP contribution >= 0.6 is 18.4 Å². The van der Waals surface area contributed by atoms with E-state index in [4.69, 9.17) is 11.6 Å². The van der Waals surface area contributed by atoms with Gasteiger partial charge in [0.05, 0.1) is 17.4 Å². The molecule has 0 bridgehead atoms. The van der Waals surface area contributed by atoms with Crippen LogP contribution in [-0.2, 0) is 0 Å². The molecule has 1 unspecified atom stereocenters. The first-order valence-electron chi connectivity index (χ1n) is 6.43. The van der Waals surface area contributed by atoms with E-state index in [0.717, 1.165) is 0 Å². The monoisotopic (exact) mass is 295 g/mol. The summed E-state index contributed by atoms with van der Waals surface area (Å²) in [5, 5.41) is 3.04. The maximum Gasteiger partial charge on any atom is 0.227 e. The predicted molar refractivity (Wildman–Crippen MR) is 88.8 cm³/mol. The third-order valence-corrected chi connectivity index (χ3v) is 18.3. The molecule has 1 atom stereocenters. The first-order chi connectivity index (χ1) is 8.44. The fraction of sp³-hybridized carbons (Fsp3) is 0.333. The van der Waals surface area contributed by atoms with E-state index >= 15 is 0 Å². The molecule has 18 heavy (non-hydrogen) atoms. The van der Waals surface area contributed by atoms with Crippen molar-refractivity contribution >= 4 is 32.2 Å². The van der Waals surface area contributed by atoms with Crippen molar-refractivity contribution in [1.82, 2.24) is 0 Å². The van der Waals surface area contributed by atoms with Crippen LogP contribution in [0.25, 0.3) is 0 Å². The van der Waals surface area contributed by atoms with Gasteiger partial charge in [0.2, 0.25) is 8.46 Å². The van der Waals surface area contributed by atoms with Crippen molar-refractivity contribution in [3.8, 4) is 0 Å². The summed E-state index contributed by atoms with van der Waals surface area (Å²) in [6, 6.07) is 10.9. The molecule has 0 saturated heterocycles. The van der Waals surface area contributed by atoms with E-state index in [2.05, 4.69) is 64.2 Å². The van der Waals surface area contributed by atoms with Crippen LogP contribution < -0.4 is 5.30 Å². The lowest BCUT2D eigenvalue weighted by molar-refractivity contribution is 1.33. The minimum atomic E-state index is -1.40. The normalized spacial score (nSPS) is 24.4. The van der Waals surface area contributed by atoms with Crippen LogP contribution in [0.3, 0.4) is 0 Å². The quantitative estimate of drug-likeness (QED) is 0.526. The van der Waals surface area contributed by atoms with Gasteiger partial charge in [0, 0.05) is 5.57 Å². The van der Waals surface area contributed by atoms with Crippen molar-refractivity contribution in [2.45, 2.75) is 33.9 Å². The number of rotatable bonds is 2. The van der Waals surface area contributed by atoms with E-state index in [-0.39, 0.29) is 0 Å². The molecule has 1 aliphatic rings. The Labute approximate surface area is 118 Å². The number of halogens is 1. The van der Waals surface area contributed by atoms with E-state index in [9.17, 15) is 0 Å². The average molecular weight is 296 g/mol. The summed E-state index contributed by atoms with van der Waals surface area (Å²) in [6.07, 6.45) is 0. The van der Waals surface area contributed by atoms with Crippen molar-refractivity contribution in [1.29, 1.82) is 0 Å². The van der Waals surface area contributed by atoms with Gasteiger partial charge in [-0.05, 0) is 63.2 Å². The summed E-state index contributed by atoms with van der Waals surface area (Å²) >= 11 is 6.83. The minimum Gasteiger partial charge on any atom is -0.0620 e. The molecule has 1 aromatic carbocycles. The summed E-state index contributed by atoms with van der Waals surface area (Å²) in [6.45, 7) is 10.2. The van der Waals surface area contributed by atoms with Crippen molar-refractivity contribution in [2.24, 2.45) is 0 Å². The zero-order chi connectivity index (χ0) is 13.5. The Morgan fingerprint density at radius 2 is 1.50 bits per heavy atom. The van der Waals surface area contributed by atoms with Crippen molar-refractivity contribution in [2.75, 3.05) is 0 Å². The van der Waals surface area contributed by atoms with Crippen LogP contribution in [0.1, 0.15) is 20.8 Å². The predicted octanol–water partition coefficient (Wildman–Crippen LogP) is 5.09. The first-order valence-corrected chi connectivity index (χ1v) is 12.5. The number of benzene rings is 1. The van der Waals surface area contributed by atoms with Gasteiger partial charge in [0.1, 0.15) is 0 Å². The Morgan fingerprint density at radius 3 is 1.89 bits per heavy atom.